The van der Waals surface area contributed by atoms with Crippen LogP contribution >= 0.6 is 0 Å². The maximum absolute atomic E-state index is 13.6. The second kappa shape index (κ2) is 7.32. The van der Waals surface area contributed by atoms with Crippen LogP contribution in [0, 0.1) is 0 Å². The van der Waals surface area contributed by atoms with E-state index in [1.807, 2.05) is 32.0 Å². The monoisotopic (exact) mass is 463 g/mol. The SMILES string of the molecule is COc1ccc2c(c1)C(C)(C)C1=C(c3ccc(C(=O)O)cc3)c3cc(C(F)(F)F)ccc3C1=N2. The number of benzene rings is 3. The van der Waals surface area contributed by atoms with E-state index in [4.69, 9.17) is 9.73 Å². The zero-order valence-electron chi connectivity index (χ0n) is 18.6. The quantitative estimate of drug-likeness (QED) is 0.474. The van der Waals surface area contributed by atoms with Crippen LogP contribution in [0.15, 0.2) is 71.2 Å². The topological polar surface area (TPSA) is 58.9 Å². The van der Waals surface area contributed by atoms with Crippen LogP contribution in [0.3, 0.4) is 0 Å². The minimum atomic E-state index is -4.50. The molecule has 7 heteroatoms. The number of ether oxygens (including phenoxy) is 1. The third-order valence-corrected chi connectivity index (χ3v) is 6.51. The molecule has 1 N–H and O–H groups in total. The fourth-order valence-corrected chi connectivity index (χ4v) is 4.82. The van der Waals surface area contributed by atoms with Crippen molar-refractivity contribution >= 4 is 22.9 Å². The van der Waals surface area contributed by atoms with Gasteiger partial charge in [0.15, 0.2) is 0 Å². The number of carboxylic acids is 1. The first-order valence-corrected chi connectivity index (χ1v) is 10.6. The highest BCUT2D eigenvalue weighted by Crippen LogP contribution is 2.53. The van der Waals surface area contributed by atoms with Crippen molar-refractivity contribution in [1.29, 1.82) is 0 Å². The number of halogens is 3. The summed E-state index contributed by atoms with van der Waals surface area (Å²) >= 11 is 0. The summed E-state index contributed by atoms with van der Waals surface area (Å²) in [5.74, 6) is -0.412. The van der Waals surface area contributed by atoms with Crippen LogP contribution in [0.2, 0.25) is 0 Å². The molecule has 0 fully saturated rings. The summed E-state index contributed by atoms with van der Waals surface area (Å²) in [5, 5.41) is 9.29. The average Bonchev–Trinajstić information content (AvgIpc) is 3.13. The maximum atomic E-state index is 13.6. The summed E-state index contributed by atoms with van der Waals surface area (Å²) in [7, 11) is 1.57. The van der Waals surface area contributed by atoms with Gasteiger partial charge in [0.05, 0.1) is 29.6 Å². The van der Waals surface area contributed by atoms with Gasteiger partial charge < -0.3 is 9.84 Å². The zero-order chi connectivity index (χ0) is 24.4. The van der Waals surface area contributed by atoms with Crippen LogP contribution in [0.5, 0.6) is 5.75 Å². The number of hydrogen-bond donors (Lipinski definition) is 1. The highest BCUT2D eigenvalue weighted by Gasteiger charge is 2.43. The van der Waals surface area contributed by atoms with Gasteiger partial charge in [0, 0.05) is 11.0 Å². The van der Waals surface area contributed by atoms with Gasteiger partial charge in [-0.05, 0) is 70.3 Å². The Kier molecular flexibility index (Phi) is 4.72. The van der Waals surface area contributed by atoms with Gasteiger partial charge in [-0.25, -0.2) is 9.79 Å². The van der Waals surface area contributed by atoms with Crippen molar-refractivity contribution in [2.45, 2.75) is 25.4 Å². The molecular weight excluding hydrogens is 443 g/mol. The Bertz CT molecular complexity index is 1410. The molecule has 5 rings (SSSR count). The van der Waals surface area contributed by atoms with Crippen molar-refractivity contribution in [2.24, 2.45) is 4.99 Å². The molecule has 0 radical (unpaired) electrons. The Morgan fingerprint density at radius 1 is 0.971 bits per heavy atom. The fourth-order valence-electron chi connectivity index (χ4n) is 4.82. The Balaban J connectivity index is 1.84. The number of nitrogens with zero attached hydrogens (tertiary/aromatic N) is 1. The van der Waals surface area contributed by atoms with Crippen LogP contribution in [0.4, 0.5) is 18.9 Å². The minimum Gasteiger partial charge on any atom is -0.497 e. The number of rotatable bonds is 3. The Labute approximate surface area is 194 Å². The predicted molar refractivity (Wildman–Crippen MR) is 123 cm³/mol. The standard InChI is InChI=1S/C27H20F3NO3/c1-26(2)20-13-17(34-3)9-11-21(20)31-24-18-10-8-16(27(28,29)30)12-19(18)22(23(24)26)14-4-6-15(7-5-14)25(32)33/h4-13H,1-3H3,(H,32,33). The number of hydrogen-bond acceptors (Lipinski definition) is 3. The summed E-state index contributed by atoms with van der Waals surface area (Å²) in [6, 6.07) is 15.5. The molecule has 1 aliphatic heterocycles. The Hall–Kier alpha value is -3.87. The molecule has 0 spiro atoms. The van der Waals surface area contributed by atoms with E-state index in [1.165, 1.54) is 18.2 Å². The highest BCUT2D eigenvalue weighted by atomic mass is 19.4. The van der Waals surface area contributed by atoms with Crippen molar-refractivity contribution in [3.63, 3.8) is 0 Å². The molecule has 4 nitrogen and oxygen atoms in total. The van der Waals surface area contributed by atoms with Crippen LogP contribution in [0.1, 0.15) is 52.0 Å². The van der Waals surface area contributed by atoms with E-state index in [0.29, 0.717) is 33.7 Å². The lowest BCUT2D eigenvalue weighted by atomic mass is 9.71. The van der Waals surface area contributed by atoms with Gasteiger partial charge in [0.2, 0.25) is 0 Å². The largest absolute Gasteiger partial charge is 0.497 e. The molecular formula is C27H20F3NO3. The number of carbonyl (C=O) groups is 1. The molecule has 34 heavy (non-hydrogen) atoms. The lowest BCUT2D eigenvalue weighted by Crippen LogP contribution is -2.28. The van der Waals surface area contributed by atoms with E-state index in [9.17, 15) is 23.1 Å². The minimum absolute atomic E-state index is 0.100. The summed E-state index contributed by atoms with van der Waals surface area (Å²) in [6.07, 6.45) is -4.50. The van der Waals surface area contributed by atoms with E-state index in [0.717, 1.165) is 29.0 Å². The first-order chi connectivity index (χ1) is 16.0. The first-order valence-electron chi connectivity index (χ1n) is 10.6. The number of allylic oxidation sites excluding steroid dienone is 1. The van der Waals surface area contributed by atoms with Crippen molar-refractivity contribution in [3.05, 3.63) is 99.6 Å². The number of aliphatic imine (C=N–C) groups is 1. The van der Waals surface area contributed by atoms with Crippen LogP contribution in [-0.4, -0.2) is 23.9 Å². The van der Waals surface area contributed by atoms with Crippen molar-refractivity contribution in [1.82, 2.24) is 0 Å². The molecule has 0 aromatic heterocycles. The Morgan fingerprint density at radius 2 is 1.68 bits per heavy atom. The summed E-state index contributed by atoms with van der Waals surface area (Å²) in [4.78, 5) is 16.2. The first kappa shape index (κ1) is 21.9. The van der Waals surface area contributed by atoms with Gasteiger partial charge in [0.25, 0.3) is 0 Å². The molecule has 0 unspecified atom stereocenters. The summed E-state index contributed by atoms with van der Waals surface area (Å²) in [6.45, 7) is 4.02. The smallest absolute Gasteiger partial charge is 0.416 e. The lowest BCUT2D eigenvalue weighted by Gasteiger charge is -2.34. The summed E-state index contributed by atoms with van der Waals surface area (Å²) in [5.41, 5.74) is 4.10. The van der Waals surface area contributed by atoms with Crippen LogP contribution < -0.4 is 4.74 Å². The normalized spacial score (nSPS) is 15.9. The van der Waals surface area contributed by atoms with Crippen molar-refractivity contribution in [3.8, 4) is 5.75 Å². The number of alkyl halides is 3. The van der Waals surface area contributed by atoms with Gasteiger partial charge in [0.1, 0.15) is 5.75 Å². The van der Waals surface area contributed by atoms with Gasteiger partial charge in [-0.1, -0.05) is 32.0 Å². The number of carboxylic acid groups (broad SMARTS) is 1. The van der Waals surface area contributed by atoms with Crippen LogP contribution in [0.25, 0.3) is 5.57 Å². The molecule has 0 saturated carbocycles. The molecule has 172 valence electrons. The van der Waals surface area contributed by atoms with E-state index in [2.05, 4.69) is 0 Å². The number of aromatic carboxylic acids is 1. The zero-order valence-corrected chi connectivity index (χ0v) is 18.6. The maximum Gasteiger partial charge on any atom is 0.416 e. The lowest BCUT2D eigenvalue weighted by molar-refractivity contribution is -0.137. The van der Waals surface area contributed by atoms with E-state index < -0.39 is 23.1 Å². The molecule has 0 bridgehead atoms. The van der Waals surface area contributed by atoms with Gasteiger partial charge in [-0.2, -0.15) is 13.2 Å². The Morgan fingerprint density at radius 3 is 2.29 bits per heavy atom. The van der Waals surface area contributed by atoms with Crippen LogP contribution in [-0.2, 0) is 11.6 Å². The molecule has 0 atom stereocenters. The van der Waals surface area contributed by atoms with Gasteiger partial charge >= 0.3 is 12.1 Å². The second-order valence-corrected chi connectivity index (χ2v) is 8.86. The fraction of sp³-hybridized carbons (Fsp3) is 0.185. The molecule has 3 aromatic carbocycles. The van der Waals surface area contributed by atoms with E-state index >= 15 is 0 Å². The number of methoxy groups -OCH3 is 1. The van der Waals surface area contributed by atoms with Crippen molar-refractivity contribution in [2.75, 3.05) is 7.11 Å². The van der Waals surface area contributed by atoms with E-state index in [1.54, 1.807) is 19.2 Å². The molecule has 2 aliphatic rings. The molecule has 1 aliphatic carbocycles. The average molecular weight is 463 g/mol. The van der Waals surface area contributed by atoms with E-state index in [-0.39, 0.29) is 5.56 Å². The molecule has 3 aromatic rings. The van der Waals surface area contributed by atoms with Gasteiger partial charge in [-0.3, -0.25) is 0 Å². The number of fused-ring (bicyclic) bond motifs is 4. The molecule has 1 heterocycles. The predicted octanol–water partition coefficient (Wildman–Crippen LogP) is 6.64. The highest BCUT2D eigenvalue weighted by molar-refractivity contribution is 6.28. The third-order valence-electron chi connectivity index (χ3n) is 6.51. The molecule has 0 saturated heterocycles. The molecule has 0 amide bonds. The second-order valence-electron chi connectivity index (χ2n) is 8.86. The van der Waals surface area contributed by atoms with Crippen molar-refractivity contribution < 1.29 is 27.8 Å². The summed E-state index contributed by atoms with van der Waals surface area (Å²) < 4.78 is 46.3. The van der Waals surface area contributed by atoms with Gasteiger partial charge in [-0.15, -0.1) is 0 Å². The third kappa shape index (κ3) is 3.22.